The summed E-state index contributed by atoms with van der Waals surface area (Å²) >= 11 is 0. The molecule has 33 heavy (non-hydrogen) atoms. The van der Waals surface area contributed by atoms with Crippen molar-refractivity contribution in [3.8, 4) is 0 Å². The summed E-state index contributed by atoms with van der Waals surface area (Å²) in [5, 5.41) is 3.21. The number of amides is 1. The second-order valence-electron chi connectivity index (χ2n) is 9.00. The minimum atomic E-state index is -3.54. The Morgan fingerprint density at radius 1 is 1.15 bits per heavy atom. The first kappa shape index (κ1) is 23.4. The van der Waals surface area contributed by atoms with E-state index in [2.05, 4.69) is 24.1 Å². The number of para-hydroxylation sites is 2. The van der Waals surface area contributed by atoms with Gasteiger partial charge in [0.25, 0.3) is 0 Å². The first-order valence-electron chi connectivity index (χ1n) is 11.6. The third kappa shape index (κ3) is 4.96. The quantitative estimate of drug-likeness (QED) is 0.544. The number of aromatic nitrogens is 2. The number of rotatable bonds is 7. The largest absolute Gasteiger partial charge is 0.346 e. The lowest BCUT2D eigenvalue weighted by atomic mass is 9.94. The molecule has 1 aliphatic heterocycles. The summed E-state index contributed by atoms with van der Waals surface area (Å²) in [7, 11) is -3.54. The number of sulfonamides is 1. The first-order chi connectivity index (χ1) is 15.8. The van der Waals surface area contributed by atoms with Crippen molar-refractivity contribution in [2.75, 3.05) is 13.1 Å². The van der Waals surface area contributed by atoms with E-state index in [1.807, 2.05) is 31.2 Å². The number of hydrogen-bond donors (Lipinski definition) is 2. The molecule has 3 aromatic rings. The number of benzene rings is 2. The van der Waals surface area contributed by atoms with Gasteiger partial charge in [0.15, 0.2) is 0 Å². The first-order valence-corrected chi connectivity index (χ1v) is 13.1. The topological polar surface area (TPSA) is 95.2 Å². The van der Waals surface area contributed by atoms with Gasteiger partial charge in [-0.25, -0.2) is 13.4 Å². The van der Waals surface area contributed by atoms with Crippen LogP contribution in [0.2, 0.25) is 0 Å². The van der Waals surface area contributed by atoms with Gasteiger partial charge in [-0.05, 0) is 49.9 Å². The van der Waals surface area contributed by atoms with Crippen LogP contribution >= 0.6 is 0 Å². The van der Waals surface area contributed by atoms with Gasteiger partial charge in [-0.2, -0.15) is 4.31 Å². The van der Waals surface area contributed by atoms with Crippen LogP contribution in [0.4, 0.5) is 0 Å². The molecule has 7 nitrogen and oxygen atoms in total. The Bertz CT molecular complexity index is 1180. The van der Waals surface area contributed by atoms with Crippen LogP contribution in [0.15, 0.2) is 53.4 Å². The van der Waals surface area contributed by atoms with Gasteiger partial charge in [-0.15, -0.1) is 0 Å². The summed E-state index contributed by atoms with van der Waals surface area (Å²) < 4.78 is 27.4. The van der Waals surface area contributed by atoms with E-state index in [1.165, 1.54) is 4.31 Å². The van der Waals surface area contributed by atoms with Crippen molar-refractivity contribution in [2.24, 2.45) is 11.8 Å². The van der Waals surface area contributed by atoms with Crippen LogP contribution in [0.5, 0.6) is 0 Å². The maximum absolute atomic E-state index is 13.2. The molecule has 0 bridgehead atoms. The molecule has 0 radical (unpaired) electrons. The predicted octanol–water partition coefficient (Wildman–Crippen LogP) is 4.18. The third-order valence-electron chi connectivity index (χ3n) is 6.70. The van der Waals surface area contributed by atoms with Crippen molar-refractivity contribution >= 4 is 27.0 Å². The van der Waals surface area contributed by atoms with Crippen LogP contribution in [0.1, 0.15) is 50.5 Å². The zero-order valence-electron chi connectivity index (χ0n) is 19.4. The fourth-order valence-corrected chi connectivity index (χ4v) is 5.79. The molecule has 4 rings (SSSR count). The van der Waals surface area contributed by atoms with E-state index in [4.69, 9.17) is 4.98 Å². The predicted molar refractivity (Wildman–Crippen MR) is 129 cm³/mol. The average molecular weight is 469 g/mol. The van der Waals surface area contributed by atoms with E-state index in [-0.39, 0.29) is 23.8 Å². The summed E-state index contributed by atoms with van der Waals surface area (Å²) in [4.78, 5) is 21.5. The number of aryl methyl sites for hydroxylation is 1. The van der Waals surface area contributed by atoms with Gasteiger partial charge >= 0.3 is 0 Å². The second-order valence-corrected chi connectivity index (χ2v) is 10.9. The number of nitrogens with one attached hydrogen (secondary N) is 2. The number of imidazole rings is 1. The van der Waals surface area contributed by atoms with E-state index in [9.17, 15) is 13.2 Å². The summed E-state index contributed by atoms with van der Waals surface area (Å²) in [5.41, 5.74) is 2.85. The zero-order valence-corrected chi connectivity index (χ0v) is 20.2. The fraction of sp³-hybridized carbons (Fsp3) is 0.440. The minimum absolute atomic E-state index is 0.0341. The summed E-state index contributed by atoms with van der Waals surface area (Å²) in [6.45, 7) is 6.81. The number of fused-ring (bicyclic) bond motifs is 1. The molecule has 1 saturated heterocycles. The second kappa shape index (κ2) is 9.65. The fourth-order valence-electron chi connectivity index (χ4n) is 4.32. The number of piperidine rings is 1. The molecule has 2 N–H and O–H groups in total. The normalized spacial score (nSPS) is 17.7. The van der Waals surface area contributed by atoms with Crippen LogP contribution in [0.3, 0.4) is 0 Å². The summed E-state index contributed by atoms with van der Waals surface area (Å²) in [6.07, 6.45) is 1.91. The van der Waals surface area contributed by atoms with Gasteiger partial charge in [0.2, 0.25) is 15.9 Å². The Labute approximate surface area is 195 Å². The smallest absolute Gasteiger partial charge is 0.243 e. The van der Waals surface area contributed by atoms with Crippen LogP contribution in [-0.4, -0.2) is 41.7 Å². The van der Waals surface area contributed by atoms with Gasteiger partial charge in [0.05, 0.1) is 22.0 Å². The SMILES string of the molecule is CCC(C)C(NC(=O)C1CCN(S(=O)(=O)c2ccc(C)cc2)CC1)c1nc2ccccc2[nH]1. The molecule has 8 heteroatoms. The molecule has 0 saturated carbocycles. The molecular weight excluding hydrogens is 436 g/mol. The number of carbonyl (C=O) groups is 1. The molecular formula is C25H32N4O3S. The molecule has 0 aliphatic carbocycles. The maximum atomic E-state index is 13.2. The highest BCUT2D eigenvalue weighted by Crippen LogP contribution is 2.28. The molecule has 1 aromatic heterocycles. The number of nitrogens with zero attached hydrogens (tertiary/aromatic N) is 2. The van der Waals surface area contributed by atoms with E-state index >= 15 is 0 Å². The van der Waals surface area contributed by atoms with Gasteiger partial charge < -0.3 is 10.3 Å². The Morgan fingerprint density at radius 2 is 1.82 bits per heavy atom. The van der Waals surface area contributed by atoms with Crippen molar-refractivity contribution in [3.63, 3.8) is 0 Å². The average Bonchev–Trinajstić information content (AvgIpc) is 3.26. The van der Waals surface area contributed by atoms with Crippen molar-refractivity contribution in [2.45, 2.75) is 51.0 Å². The van der Waals surface area contributed by atoms with Gasteiger partial charge in [0.1, 0.15) is 5.82 Å². The standard InChI is InChI=1S/C25H32N4O3S/c1-4-18(3)23(24-26-21-7-5-6-8-22(21)27-24)28-25(30)19-13-15-29(16-14-19)33(31,32)20-11-9-17(2)10-12-20/h5-12,18-19,23H,4,13-16H2,1-3H3,(H,26,27)(H,28,30). The Morgan fingerprint density at radius 3 is 2.45 bits per heavy atom. The van der Waals surface area contributed by atoms with E-state index < -0.39 is 10.0 Å². The molecule has 176 valence electrons. The van der Waals surface area contributed by atoms with Crippen molar-refractivity contribution in [1.29, 1.82) is 0 Å². The molecule has 1 fully saturated rings. The van der Waals surface area contributed by atoms with Crippen LogP contribution in [0.25, 0.3) is 11.0 Å². The molecule has 0 spiro atoms. The van der Waals surface area contributed by atoms with Crippen LogP contribution < -0.4 is 5.32 Å². The third-order valence-corrected chi connectivity index (χ3v) is 8.61. The van der Waals surface area contributed by atoms with Crippen molar-refractivity contribution in [1.82, 2.24) is 19.6 Å². The lowest BCUT2D eigenvalue weighted by molar-refractivity contribution is -0.127. The Hall–Kier alpha value is -2.71. The van der Waals surface area contributed by atoms with Crippen molar-refractivity contribution < 1.29 is 13.2 Å². The number of aromatic amines is 1. The molecule has 2 unspecified atom stereocenters. The molecule has 2 atom stereocenters. The van der Waals surface area contributed by atoms with Crippen LogP contribution in [0, 0.1) is 18.8 Å². The number of hydrogen-bond acceptors (Lipinski definition) is 4. The van der Waals surface area contributed by atoms with Gasteiger partial charge in [-0.1, -0.05) is 50.1 Å². The Balaban J connectivity index is 1.43. The van der Waals surface area contributed by atoms with Gasteiger partial charge in [-0.3, -0.25) is 4.79 Å². The number of carbonyl (C=O) groups excluding carboxylic acids is 1. The lowest BCUT2D eigenvalue weighted by Gasteiger charge is -2.32. The molecule has 1 aliphatic rings. The van der Waals surface area contributed by atoms with E-state index in [1.54, 1.807) is 24.3 Å². The minimum Gasteiger partial charge on any atom is -0.346 e. The monoisotopic (exact) mass is 468 g/mol. The van der Waals surface area contributed by atoms with Gasteiger partial charge in [0, 0.05) is 19.0 Å². The number of H-pyrrole nitrogens is 1. The van der Waals surface area contributed by atoms with Crippen molar-refractivity contribution in [3.05, 3.63) is 59.9 Å². The highest BCUT2D eigenvalue weighted by Gasteiger charge is 2.34. The highest BCUT2D eigenvalue weighted by molar-refractivity contribution is 7.89. The van der Waals surface area contributed by atoms with E-state index in [0.717, 1.165) is 28.8 Å². The van der Waals surface area contributed by atoms with E-state index in [0.29, 0.717) is 30.8 Å². The molecule has 2 heterocycles. The summed E-state index contributed by atoms with van der Waals surface area (Å²) in [6, 6.07) is 14.5. The molecule has 1 amide bonds. The lowest BCUT2D eigenvalue weighted by Crippen LogP contribution is -2.44. The van der Waals surface area contributed by atoms with Crippen LogP contribution in [-0.2, 0) is 14.8 Å². The summed E-state index contributed by atoms with van der Waals surface area (Å²) in [5.74, 6) is 0.716. The maximum Gasteiger partial charge on any atom is 0.243 e. The highest BCUT2D eigenvalue weighted by atomic mass is 32.2. The molecule has 2 aromatic carbocycles. The Kier molecular flexibility index (Phi) is 6.86. The zero-order chi connectivity index (χ0) is 23.6.